The van der Waals surface area contributed by atoms with E-state index in [-0.39, 0.29) is 18.4 Å². The number of hydrogen-bond donors (Lipinski definition) is 0. The van der Waals surface area contributed by atoms with Gasteiger partial charge in [0.25, 0.3) is 5.89 Å². The van der Waals surface area contributed by atoms with Crippen LogP contribution in [0.3, 0.4) is 0 Å². The average Bonchev–Trinajstić information content (AvgIpc) is 3.41. The molecule has 0 bridgehead atoms. The van der Waals surface area contributed by atoms with Gasteiger partial charge in [-0.2, -0.15) is 4.98 Å². The predicted octanol–water partition coefficient (Wildman–Crippen LogP) is 3.23. The molecule has 4 rings (SSSR count). The minimum atomic E-state index is -0.532. The largest absolute Gasteiger partial charge is 0.496 e. The van der Waals surface area contributed by atoms with Crippen LogP contribution in [-0.2, 0) is 16.1 Å². The summed E-state index contributed by atoms with van der Waals surface area (Å²) in [6.07, 6.45) is 1.35. The van der Waals surface area contributed by atoms with E-state index >= 15 is 0 Å². The van der Waals surface area contributed by atoms with E-state index in [0.717, 1.165) is 6.42 Å². The van der Waals surface area contributed by atoms with Crippen molar-refractivity contribution >= 4 is 17.6 Å². The minimum Gasteiger partial charge on any atom is -0.496 e. The number of rotatable bonds is 6. The van der Waals surface area contributed by atoms with Crippen LogP contribution in [0.5, 0.6) is 5.75 Å². The Balaban J connectivity index is 1.43. The number of ether oxygens (including phenoxy) is 2. The molecular formula is C21H19N3O5. The van der Waals surface area contributed by atoms with E-state index in [9.17, 15) is 9.59 Å². The van der Waals surface area contributed by atoms with Crippen molar-refractivity contribution in [2.75, 3.05) is 18.6 Å². The maximum atomic E-state index is 12.4. The Kier molecular flexibility index (Phi) is 5.24. The molecule has 1 aliphatic heterocycles. The lowest BCUT2D eigenvalue weighted by molar-refractivity contribution is -0.117. The van der Waals surface area contributed by atoms with Gasteiger partial charge < -0.3 is 18.9 Å². The third kappa shape index (κ3) is 3.96. The van der Waals surface area contributed by atoms with Gasteiger partial charge in [0.1, 0.15) is 5.75 Å². The number of carbonyl (C=O) groups is 2. The molecule has 1 fully saturated rings. The van der Waals surface area contributed by atoms with E-state index in [0.29, 0.717) is 41.4 Å². The number of carbonyl (C=O) groups excluding carboxylic acids is 2. The zero-order valence-corrected chi connectivity index (χ0v) is 15.8. The smallest absolute Gasteiger partial charge is 0.338 e. The number of anilines is 1. The molecule has 1 aliphatic rings. The maximum Gasteiger partial charge on any atom is 0.338 e. The Morgan fingerprint density at radius 2 is 2.07 bits per heavy atom. The fourth-order valence-electron chi connectivity index (χ4n) is 3.18. The lowest BCUT2D eigenvalue weighted by Gasteiger charge is -2.16. The highest BCUT2D eigenvalue weighted by molar-refractivity contribution is 5.97. The SMILES string of the molecule is COc1ccccc1-c1noc(COC(=O)c2cccc(N3CCCC3=O)c2)n1. The summed E-state index contributed by atoms with van der Waals surface area (Å²) >= 11 is 0. The normalized spacial score (nSPS) is 13.6. The molecule has 148 valence electrons. The van der Waals surface area contributed by atoms with E-state index < -0.39 is 5.97 Å². The molecule has 0 spiro atoms. The van der Waals surface area contributed by atoms with Crippen LogP contribution < -0.4 is 9.64 Å². The van der Waals surface area contributed by atoms with Crippen LogP contribution >= 0.6 is 0 Å². The van der Waals surface area contributed by atoms with Crippen molar-refractivity contribution in [3.8, 4) is 17.1 Å². The second-order valence-corrected chi connectivity index (χ2v) is 6.49. The fraction of sp³-hybridized carbons (Fsp3) is 0.238. The molecular weight excluding hydrogens is 374 g/mol. The van der Waals surface area contributed by atoms with Crippen LogP contribution in [0.1, 0.15) is 29.1 Å². The van der Waals surface area contributed by atoms with Gasteiger partial charge >= 0.3 is 5.97 Å². The molecule has 2 aromatic carbocycles. The summed E-state index contributed by atoms with van der Waals surface area (Å²) in [6.45, 7) is 0.499. The minimum absolute atomic E-state index is 0.0604. The molecule has 29 heavy (non-hydrogen) atoms. The number of nitrogens with zero attached hydrogens (tertiary/aromatic N) is 3. The molecule has 0 N–H and O–H groups in total. The molecule has 0 radical (unpaired) electrons. The first-order chi connectivity index (χ1) is 14.2. The number of methoxy groups -OCH3 is 1. The molecule has 0 unspecified atom stereocenters. The van der Waals surface area contributed by atoms with Crippen molar-refractivity contribution < 1.29 is 23.6 Å². The second-order valence-electron chi connectivity index (χ2n) is 6.49. The standard InChI is InChI=1S/C21H19N3O5/c1-27-17-9-3-2-8-16(17)20-22-18(29-23-20)13-28-21(26)14-6-4-7-15(12-14)24-11-5-10-19(24)25/h2-4,6-9,12H,5,10-11,13H2,1H3. The third-order valence-corrected chi connectivity index (χ3v) is 4.61. The lowest BCUT2D eigenvalue weighted by atomic mass is 10.2. The van der Waals surface area contributed by atoms with E-state index in [4.69, 9.17) is 14.0 Å². The number of esters is 1. The molecule has 1 aromatic heterocycles. The van der Waals surface area contributed by atoms with Crippen molar-refractivity contribution in [3.63, 3.8) is 0 Å². The highest BCUT2D eigenvalue weighted by Gasteiger charge is 2.22. The first kappa shape index (κ1) is 18.7. The second kappa shape index (κ2) is 8.14. The topological polar surface area (TPSA) is 94.8 Å². The van der Waals surface area contributed by atoms with E-state index in [1.807, 2.05) is 18.2 Å². The van der Waals surface area contributed by atoms with Gasteiger partial charge in [-0.1, -0.05) is 23.4 Å². The molecule has 2 heterocycles. The predicted molar refractivity (Wildman–Crippen MR) is 103 cm³/mol. The van der Waals surface area contributed by atoms with Crippen LogP contribution in [0.25, 0.3) is 11.4 Å². The number of aromatic nitrogens is 2. The highest BCUT2D eigenvalue weighted by atomic mass is 16.6. The van der Waals surface area contributed by atoms with Crippen molar-refractivity contribution in [1.82, 2.24) is 10.1 Å². The highest BCUT2D eigenvalue weighted by Crippen LogP contribution is 2.27. The summed E-state index contributed by atoms with van der Waals surface area (Å²) in [5, 5.41) is 3.92. The molecule has 8 nitrogen and oxygen atoms in total. The Bertz CT molecular complexity index is 1050. The van der Waals surface area contributed by atoms with Crippen LogP contribution in [0.2, 0.25) is 0 Å². The van der Waals surface area contributed by atoms with Crippen molar-refractivity contribution in [3.05, 3.63) is 60.0 Å². The summed E-state index contributed by atoms with van der Waals surface area (Å²) in [5.41, 5.74) is 1.73. The van der Waals surface area contributed by atoms with Gasteiger partial charge in [-0.3, -0.25) is 4.79 Å². The van der Waals surface area contributed by atoms with Crippen LogP contribution in [0, 0.1) is 0 Å². The first-order valence-corrected chi connectivity index (χ1v) is 9.19. The molecule has 1 saturated heterocycles. The van der Waals surface area contributed by atoms with Crippen molar-refractivity contribution in [1.29, 1.82) is 0 Å². The van der Waals surface area contributed by atoms with Gasteiger partial charge in [0.05, 0.1) is 18.2 Å². The fourth-order valence-corrected chi connectivity index (χ4v) is 3.18. The zero-order chi connectivity index (χ0) is 20.2. The molecule has 0 aliphatic carbocycles. The zero-order valence-electron chi connectivity index (χ0n) is 15.8. The van der Waals surface area contributed by atoms with Crippen LogP contribution in [0.4, 0.5) is 5.69 Å². The number of benzene rings is 2. The van der Waals surface area contributed by atoms with Crippen molar-refractivity contribution in [2.24, 2.45) is 0 Å². The summed E-state index contributed by atoms with van der Waals surface area (Å²) in [4.78, 5) is 30.2. The van der Waals surface area contributed by atoms with Gasteiger partial charge in [0.15, 0.2) is 6.61 Å². The van der Waals surface area contributed by atoms with Crippen molar-refractivity contribution in [2.45, 2.75) is 19.4 Å². The number of hydrogen-bond acceptors (Lipinski definition) is 7. The Labute approximate surface area is 167 Å². The Morgan fingerprint density at radius 1 is 1.21 bits per heavy atom. The third-order valence-electron chi connectivity index (χ3n) is 4.61. The van der Waals surface area contributed by atoms with Gasteiger partial charge in [0, 0.05) is 18.7 Å². The number of para-hydroxylation sites is 1. The average molecular weight is 393 g/mol. The van der Waals surface area contributed by atoms with Crippen LogP contribution in [0.15, 0.2) is 53.1 Å². The summed E-state index contributed by atoms with van der Waals surface area (Å²) in [5.74, 6) is 0.666. The summed E-state index contributed by atoms with van der Waals surface area (Å²) in [7, 11) is 1.56. The van der Waals surface area contributed by atoms with E-state index in [1.165, 1.54) is 0 Å². The summed E-state index contributed by atoms with van der Waals surface area (Å²) < 4.78 is 15.8. The van der Waals surface area contributed by atoms with Gasteiger partial charge in [-0.15, -0.1) is 0 Å². The first-order valence-electron chi connectivity index (χ1n) is 9.19. The Morgan fingerprint density at radius 3 is 2.86 bits per heavy atom. The summed E-state index contributed by atoms with van der Waals surface area (Å²) in [6, 6.07) is 14.1. The number of amides is 1. The van der Waals surface area contributed by atoms with Gasteiger partial charge in [-0.05, 0) is 36.8 Å². The molecule has 3 aromatic rings. The Hall–Kier alpha value is -3.68. The van der Waals surface area contributed by atoms with Gasteiger partial charge in [0.2, 0.25) is 11.7 Å². The van der Waals surface area contributed by atoms with E-state index in [2.05, 4.69) is 10.1 Å². The molecule has 1 amide bonds. The monoisotopic (exact) mass is 393 g/mol. The van der Waals surface area contributed by atoms with Gasteiger partial charge in [-0.25, -0.2) is 4.79 Å². The van der Waals surface area contributed by atoms with E-state index in [1.54, 1.807) is 42.3 Å². The molecule has 0 saturated carbocycles. The lowest BCUT2D eigenvalue weighted by Crippen LogP contribution is -2.23. The maximum absolute atomic E-state index is 12.4. The molecule has 0 atom stereocenters. The molecule has 8 heteroatoms. The quantitative estimate of drug-likeness (QED) is 0.593. The van der Waals surface area contributed by atoms with Crippen LogP contribution in [-0.4, -0.2) is 35.7 Å².